The normalized spacial score (nSPS) is 11.3. The Morgan fingerprint density at radius 2 is 2.15 bits per heavy atom. The zero-order chi connectivity index (χ0) is 15.1. The smallest absolute Gasteiger partial charge is 0.335 e. The SMILES string of the molecule is C=CCNC(=O)C(C)Oc1ccc(C(=O)O)cc1OC. The van der Waals surface area contributed by atoms with Crippen LogP contribution >= 0.6 is 0 Å². The quantitative estimate of drug-likeness (QED) is 0.738. The summed E-state index contributed by atoms with van der Waals surface area (Å²) < 4.78 is 10.5. The first-order chi connectivity index (χ1) is 9.49. The Kier molecular flexibility index (Phi) is 5.58. The number of hydrogen-bond acceptors (Lipinski definition) is 4. The summed E-state index contributed by atoms with van der Waals surface area (Å²) in [6.45, 7) is 5.43. The minimum absolute atomic E-state index is 0.0814. The van der Waals surface area contributed by atoms with E-state index in [0.717, 1.165) is 0 Å². The van der Waals surface area contributed by atoms with E-state index in [1.165, 1.54) is 25.3 Å². The standard InChI is InChI=1S/C14H17NO5/c1-4-7-15-13(16)9(2)20-11-6-5-10(14(17)18)8-12(11)19-3/h4-6,8-9H,1,7H2,2-3H3,(H,15,16)(H,17,18). The van der Waals surface area contributed by atoms with Gasteiger partial charge in [-0.05, 0) is 25.1 Å². The van der Waals surface area contributed by atoms with E-state index < -0.39 is 12.1 Å². The Morgan fingerprint density at radius 3 is 2.70 bits per heavy atom. The van der Waals surface area contributed by atoms with E-state index in [0.29, 0.717) is 12.3 Å². The zero-order valence-corrected chi connectivity index (χ0v) is 11.4. The molecule has 0 spiro atoms. The van der Waals surface area contributed by atoms with Crippen molar-refractivity contribution in [3.05, 3.63) is 36.4 Å². The van der Waals surface area contributed by atoms with Gasteiger partial charge in [0.2, 0.25) is 0 Å². The number of carboxylic acid groups (broad SMARTS) is 1. The number of ether oxygens (including phenoxy) is 2. The van der Waals surface area contributed by atoms with Crippen LogP contribution < -0.4 is 14.8 Å². The molecule has 0 saturated carbocycles. The van der Waals surface area contributed by atoms with E-state index in [2.05, 4.69) is 11.9 Å². The van der Waals surface area contributed by atoms with Crippen LogP contribution in [0.2, 0.25) is 0 Å². The molecule has 0 aliphatic rings. The van der Waals surface area contributed by atoms with Gasteiger partial charge in [0.25, 0.3) is 5.91 Å². The van der Waals surface area contributed by atoms with Gasteiger partial charge in [0, 0.05) is 6.54 Å². The lowest BCUT2D eigenvalue weighted by Crippen LogP contribution is -2.36. The molecule has 0 aliphatic carbocycles. The van der Waals surface area contributed by atoms with Crippen molar-refractivity contribution in [3.8, 4) is 11.5 Å². The van der Waals surface area contributed by atoms with E-state index in [-0.39, 0.29) is 17.2 Å². The molecule has 0 radical (unpaired) electrons. The first-order valence-electron chi connectivity index (χ1n) is 5.96. The van der Waals surface area contributed by atoms with E-state index in [1.807, 2.05) is 0 Å². The molecule has 1 unspecified atom stereocenters. The molecule has 0 saturated heterocycles. The zero-order valence-electron chi connectivity index (χ0n) is 11.4. The van der Waals surface area contributed by atoms with E-state index in [4.69, 9.17) is 14.6 Å². The molecule has 6 nitrogen and oxygen atoms in total. The fourth-order valence-electron chi connectivity index (χ4n) is 1.46. The first kappa shape index (κ1) is 15.6. The van der Waals surface area contributed by atoms with Gasteiger partial charge in [-0.2, -0.15) is 0 Å². The lowest BCUT2D eigenvalue weighted by atomic mass is 10.2. The molecule has 20 heavy (non-hydrogen) atoms. The summed E-state index contributed by atoms with van der Waals surface area (Å²) in [7, 11) is 1.40. The minimum Gasteiger partial charge on any atom is -0.493 e. The molecule has 0 heterocycles. The maximum absolute atomic E-state index is 11.7. The Morgan fingerprint density at radius 1 is 1.45 bits per heavy atom. The number of hydrogen-bond donors (Lipinski definition) is 2. The highest BCUT2D eigenvalue weighted by Crippen LogP contribution is 2.29. The van der Waals surface area contributed by atoms with Gasteiger partial charge in [0.05, 0.1) is 12.7 Å². The van der Waals surface area contributed by atoms with Gasteiger partial charge in [-0.3, -0.25) is 4.79 Å². The van der Waals surface area contributed by atoms with Crippen molar-refractivity contribution in [2.75, 3.05) is 13.7 Å². The Balaban J connectivity index is 2.83. The number of carbonyl (C=O) groups is 2. The molecule has 1 amide bonds. The number of nitrogens with one attached hydrogen (secondary N) is 1. The molecule has 1 rings (SSSR count). The summed E-state index contributed by atoms with van der Waals surface area (Å²) in [5, 5.41) is 11.5. The molecule has 2 N–H and O–H groups in total. The number of amides is 1. The highest BCUT2D eigenvalue weighted by molar-refractivity contribution is 5.88. The number of rotatable bonds is 7. The van der Waals surface area contributed by atoms with E-state index in [9.17, 15) is 9.59 Å². The summed E-state index contributed by atoms with van der Waals surface area (Å²) in [6, 6.07) is 4.18. The summed E-state index contributed by atoms with van der Waals surface area (Å²) in [5.41, 5.74) is 0.0814. The van der Waals surface area contributed by atoms with Crippen molar-refractivity contribution in [1.82, 2.24) is 5.32 Å². The van der Waals surface area contributed by atoms with Crippen LogP contribution in [-0.4, -0.2) is 36.7 Å². The van der Waals surface area contributed by atoms with Crippen LogP contribution in [0.3, 0.4) is 0 Å². The summed E-state index contributed by atoms with van der Waals surface area (Å²) in [6.07, 6.45) is 0.826. The van der Waals surface area contributed by atoms with E-state index in [1.54, 1.807) is 13.0 Å². The van der Waals surface area contributed by atoms with Crippen molar-refractivity contribution in [2.24, 2.45) is 0 Å². The van der Waals surface area contributed by atoms with Crippen LogP contribution in [0.4, 0.5) is 0 Å². The number of benzene rings is 1. The van der Waals surface area contributed by atoms with Gasteiger partial charge in [0.1, 0.15) is 0 Å². The number of carboxylic acids is 1. The Labute approximate surface area is 117 Å². The number of methoxy groups -OCH3 is 1. The van der Waals surface area contributed by atoms with Gasteiger partial charge in [-0.1, -0.05) is 6.08 Å². The van der Waals surface area contributed by atoms with Crippen LogP contribution in [0.25, 0.3) is 0 Å². The Bertz CT molecular complexity index is 512. The maximum atomic E-state index is 11.7. The van der Waals surface area contributed by atoms with E-state index >= 15 is 0 Å². The molecule has 0 bridgehead atoms. The monoisotopic (exact) mass is 279 g/mol. The van der Waals surface area contributed by atoms with Crippen LogP contribution in [0.5, 0.6) is 11.5 Å². The topological polar surface area (TPSA) is 84.9 Å². The predicted octanol–water partition coefficient (Wildman–Crippen LogP) is 1.46. The first-order valence-corrected chi connectivity index (χ1v) is 5.96. The molecule has 1 aromatic rings. The second kappa shape index (κ2) is 7.18. The fourth-order valence-corrected chi connectivity index (χ4v) is 1.46. The molecule has 1 aromatic carbocycles. The fraction of sp³-hybridized carbons (Fsp3) is 0.286. The Hall–Kier alpha value is -2.50. The van der Waals surface area contributed by atoms with Crippen LogP contribution in [0.15, 0.2) is 30.9 Å². The lowest BCUT2D eigenvalue weighted by Gasteiger charge is -2.16. The average Bonchev–Trinajstić information content (AvgIpc) is 2.44. The highest BCUT2D eigenvalue weighted by Gasteiger charge is 2.17. The lowest BCUT2D eigenvalue weighted by molar-refractivity contribution is -0.127. The van der Waals surface area contributed by atoms with Crippen molar-refractivity contribution < 1.29 is 24.2 Å². The van der Waals surface area contributed by atoms with Crippen molar-refractivity contribution in [1.29, 1.82) is 0 Å². The minimum atomic E-state index is -1.06. The maximum Gasteiger partial charge on any atom is 0.335 e. The van der Waals surface area contributed by atoms with Gasteiger partial charge in [-0.15, -0.1) is 6.58 Å². The summed E-state index contributed by atoms with van der Waals surface area (Å²) in [4.78, 5) is 22.5. The van der Waals surface area contributed by atoms with Crippen molar-refractivity contribution in [2.45, 2.75) is 13.0 Å². The van der Waals surface area contributed by atoms with Gasteiger partial charge in [0.15, 0.2) is 17.6 Å². The third kappa shape index (κ3) is 4.01. The molecular weight excluding hydrogens is 262 g/mol. The molecule has 6 heteroatoms. The van der Waals surface area contributed by atoms with Crippen LogP contribution in [0, 0.1) is 0 Å². The second-order valence-corrected chi connectivity index (χ2v) is 3.96. The van der Waals surface area contributed by atoms with Crippen LogP contribution in [-0.2, 0) is 4.79 Å². The summed E-state index contributed by atoms with van der Waals surface area (Å²) >= 11 is 0. The molecule has 0 aromatic heterocycles. The third-order valence-corrected chi connectivity index (χ3v) is 2.50. The highest BCUT2D eigenvalue weighted by atomic mass is 16.5. The molecule has 108 valence electrons. The average molecular weight is 279 g/mol. The van der Waals surface area contributed by atoms with Crippen LogP contribution in [0.1, 0.15) is 17.3 Å². The van der Waals surface area contributed by atoms with Gasteiger partial charge < -0.3 is 19.9 Å². The third-order valence-electron chi connectivity index (χ3n) is 2.50. The van der Waals surface area contributed by atoms with Crippen molar-refractivity contribution in [3.63, 3.8) is 0 Å². The van der Waals surface area contributed by atoms with Gasteiger partial charge in [-0.25, -0.2) is 4.79 Å². The molecule has 1 atom stereocenters. The number of aromatic carboxylic acids is 1. The van der Waals surface area contributed by atoms with Gasteiger partial charge >= 0.3 is 5.97 Å². The predicted molar refractivity (Wildman–Crippen MR) is 73.3 cm³/mol. The number of carbonyl (C=O) groups excluding carboxylic acids is 1. The molecule has 0 fully saturated rings. The second-order valence-electron chi connectivity index (χ2n) is 3.96. The summed E-state index contributed by atoms with van der Waals surface area (Å²) in [5.74, 6) is -0.798. The van der Waals surface area contributed by atoms with Crippen molar-refractivity contribution >= 4 is 11.9 Å². The molecular formula is C14H17NO5. The largest absolute Gasteiger partial charge is 0.493 e. The molecule has 0 aliphatic heterocycles.